The molecule has 0 atom stereocenters. The average molecular weight is 410 g/mol. The smallest absolute Gasteiger partial charge is 0.338 e. The summed E-state index contributed by atoms with van der Waals surface area (Å²) in [7, 11) is 0. The first-order chi connectivity index (χ1) is 13.7. The quantitative estimate of drug-likeness (QED) is 0.630. The normalized spacial score (nSPS) is 11.9. The third-order valence-corrected chi connectivity index (χ3v) is 5.18. The molecular formula is C26H35NO3. The maximum Gasteiger partial charge on any atom is 0.338 e. The first-order valence-corrected chi connectivity index (χ1v) is 10.4. The summed E-state index contributed by atoms with van der Waals surface area (Å²) in [4.78, 5) is 25.1. The van der Waals surface area contributed by atoms with Crippen LogP contribution in [0, 0.1) is 20.8 Å². The minimum absolute atomic E-state index is 0.103. The lowest BCUT2D eigenvalue weighted by atomic mass is 9.79. The number of benzene rings is 2. The molecule has 2 aromatic rings. The van der Waals surface area contributed by atoms with E-state index < -0.39 is 5.97 Å². The Morgan fingerprint density at radius 3 is 1.70 bits per heavy atom. The standard InChI is InChI=1S/C26H35NO3/c1-16-10-17(2)23(18(3)11-16)27-22(28)15-30-24(29)19-12-20(25(4,5)6)14-21(13-19)26(7,8)9/h10-14H,15H2,1-9H3,(H,27,28). The van der Waals surface area contributed by atoms with Crippen LogP contribution >= 0.6 is 0 Å². The zero-order chi connectivity index (χ0) is 22.9. The van der Waals surface area contributed by atoms with Crippen molar-refractivity contribution in [1.82, 2.24) is 0 Å². The van der Waals surface area contributed by atoms with Crippen molar-refractivity contribution in [2.45, 2.75) is 73.1 Å². The SMILES string of the molecule is Cc1cc(C)c(NC(=O)COC(=O)c2cc(C(C)(C)C)cc(C(C)(C)C)c2)c(C)c1. The molecule has 0 saturated heterocycles. The monoisotopic (exact) mass is 409 g/mol. The molecule has 0 aliphatic rings. The van der Waals surface area contributed by atoms with Gasteiger partial charge in [-0.2, -0.15) is 0 Å². The molecule has 0 heterocycles. The summed E-state index contributed by atoms with van der Waals surface area (Å²) >= 11 is 0. The zero-order valence-corrected chi connectivity index (χ0v) is 19.8. The number of hydrogen-bond acceptors (Lipinski definition) is 3. The number of rotatable bonds is 4. The number of nitrogens with one attached hydrogen (secondary N) is 1. The van der Waals surface area contributed by atoms with Gasteiger partial charge in [-0.25, -0.2) is 4.79 Å². The minimum atomic E-state index is -0.487. The Labute approximate surface area is 181 Å². The molecule has 0 aliphatic heterocycles. The van der Waals surface area contributed by atoms with Crippen LogP contribution in [-0.4, -0.2) is 18.5 Å². The van der Waals surface area contributed by atoms with Gasteiger partial charge in [-0.1, -0.05) is 65.3 Å². The van der Waals surface area contributed by atoms with E-state index in [-0.39, 0.29) is 23.3 Å². The molecule has 0 bridgehead atoms. The second-order valence-corrected chi connectivity index (χ2v) is 10.2. The fourth-order valence-corrected chi connectivity index (χ4v) is 3.38. The highest BCUT2D eigenvalue weighted by atomic mass is 16.5. The Balaban J connectivity index is 2.17. The van der Waals surface area contributed by atoms with Crippen molar-refractivity contribution in [2.75, 3.05) is 11.9 Å². The van der Waals surface area contributed by atoms with Gasteiger partial charge >= 0.3 is 5.97 Å². The number of carbonyl (C=O) groups excluding carboxylic acids is 2. The highest BCUT2D eigenvalue weighted by Crippen LogP contribution is 2.30. The summed E-state index contributed by atoms with van der Waals surface area (Å²) in [6, 6.07) is 9.90. The van der Waals surface area contributed by atoms with Gasteiger partial charge in [-0.05, 0) is 66.0 Å². The Morgan fingerprint density at radius 1 is 0.800 bits per heavy atom. The van der Waals surface area contributed by atoms with E-state index in [0.29, 0.717) is 5.56 Å². The van der Waals surface area contributed by atoms with Crippen LogP contribution in [0.1, 0.15) is 79.7 Å². The highest BCUT2D eigenvalue weighted by molar-refractivity contribution is 5.96. The molecule has 0 fully saturated rings. The molecule has 0 radical (unpaired) electrons. The summed E-state index contributed by atoms with van der Waals surface area (Å²) in [6.45, 7) is 18.3. The Bertz CT molecular complexity index is 904. The number of ether oxygens (including phenoxy) is 1. The van der Waals surface area contributed by atoms with Gasteiger partial charge in [0, 0.05) is 5.69 Å². The molecule has 0 aromatic heterocycles. The van der Waals surface area contributed by atoms with Crippen molar-refractivity contribution in [3.63, 3.8) is 0 Å². The van der Waals surface area contributed by atoms with Crippen molar-refractivity contribution < 1.29 is 14.3 Å². The van der Waals surface area contributed by atoms with Crippen molar-refractivity contribution >= 4 is 17.6 Å². The minimum Gasteiger partial charge on any atom is -0.452 e. The van der Waals surface area contributed by atoms with E-state index in [0.717, 1.165) is 33.5 Å². The molecule has 0 spiro atoms. The van der Waals surface area contributed by atoms with Gasteiger partial charge in [-0.3, -0.25) is 4.79 Å². The van der Waals surface area contributed by atoms with Crippen LogP contribution in [0.3, 0.4) is 0 Å². The molecular weight excluding hydrogens is 374 g/mol. The van der Waals surface area contributed by atoms with E-state index in [1.54, 1.807) is 0 Å². The second kappa shape index (κ2) is 8.63. The Kier molecular flexibility index (Phi) is 6.80. The van der Waals surface area contributed by atoms with Gasteiger partial charge in [0.15, 0.2) is 6.61 Å². The van der Waals surface area contributed by atoms with E-state index in [9.17, 15) is 9.59 Å². The van der Waals surface area contributed by atoms with E-state index in [1.807, 2.05) is 45.0 Å². The van der Waals surface area contributed by atoms with Crippen LogP contribution < -0.4 is 5.32 Å². The van der Waals surface area contributed by atoms with Gasteiger partial charge in [0.2, 0.25) is 0 Å². The van der Waals surface area contributed by atoms with E-state index in [1.165, 1.54) is 0 Å². The maximum absolute atomic E-state index is 12.7. The lowest BCUT2D eigenvalue weighted by Crippen LogP contribution is -2.23. The van der Waals surface area contributed by atoms with Crippen LogP contribution in [0.15, 0.2) is 30.3 Å². The third kappa shape index (κ3) is 5.94. The van der Waals surface area contributed by atoms with Gasteiger partial charge in [0.05, 0.1) is 5.56 Å². The van der Waals surface area contributed by atoms with Gasteiger partial charge in [-0.15, -0.1) is 0 Å². The topological polar surface area (TPSA) is 55.4 Å². The lowest BCUT2D eigenvalue weighted by Gasteiger charge is -2.25. The zero-order valence-electron chi connectivity index (χ0n) is 19.8. The summed E-state index contributed by atoms with van der Waals surface area (Å²) in [5, 5.41) is 2.87. The largest absolute Gasteiger partial charge is 0.452 e. The maximum atomic E-state index is 12.7. The molecule has 1 N–H and O–H groups in total. The summed E-state index contributed by atoms with van der Waals surface area (Å²) in [6.07, 6.45) is 0. The van der Waals surface area contributed by atoms with Crippen molar-refractivity contribution in [2.24, 2.45) is 0 Å². The fourth-order valence-electron chi connectivity index (χ4n) is 3.38. The van der Waals surface area contributed by atoms with E-state index >= 15 is 0 Å². The molecule has 1 amide bonds. The number of aryl methyl sites for hydroxylation is 3. The molecule has 0 saturated carbocycles. The number of esters is 1. The molecule has 162 valence electrons. The third-order valence-electron chi connectivity index (χ3n) is 5.18. The van der Waals surface area contributed by atoms with E-state index in [2.05, 4.69) is 52.9 Å². The highest BCUT2D eigenvalue weighted by Gasteiger charge is 2.23. The van der Waals surface area contributed by atoms with Gasteiger partial charge < -0.3 is 10.1 Å². The first-order valence-electron chi connectivity index (χ1n) is 10.4. The summed E-state index contributed by atoms with van der Waals surface area (Å²) in [5.74, 6) is -0.833. The van der Waals surface area contributed by atoms with Crippen LogP contribution in [0.5, 0.6) is 0 Å². The molecule has 4 nitrogen and oxygen atoms in total. The number of hydrogen-bond donors (Lipinski definition) is 1. The summed E-state index contributed by atoms with van der Waals surface area (Å²) < 4.78 is 5.35. The van der Waals surface area contributed by atoms with Gasteiger partial charge in [0.25, 0.3) is 5.91 Å². The predicted octanol–water partition coefficient (Wildman–Crippen LogP) is 6.00. The van der Waals surface area contributed by atoms with Crippen LogP contribution in [-0.2, 0) is 20.4 Å². The van der Waals surface area contributed by atoms with Crippen molar-refractivity contribution in [3.05, 3.63) is 63.7 Å². The fraction of sp³-hybridized carbons (Fsp3) is 0.462. The van der Waals surface area contributed by atoms with Crippen LogP contribution in [0.4, 0.5) is 5.69 Å². The molecule has 0 unspecified atom stereocenters. The van der Waals surface area contributed by atoms with E-state index in [4.69, 9.17) is 4.74 Å². The van der Waals surface area contributed by atoms with Crippen molar-refractivity contribution in [1.29, 1.82) is 0 Å². The molecule has 0 aliphatic carbocycles. The van der Waals surface area contributed by atoms with Gasteiger partial charge in [0.1, 0.15) is 0 Å². The van der Waals surface area contributed by atoms with Crippen LogP contribution in [0.25, 0.3) is 0 Å². The Morgan fingerprint density at radius 2 is 1.27 bits per heavy atom. The molecule has 2 rings (SSSR count). The Hall–Kier alpha value is -2.62. The van der Waals surface area contributed by atoms with Crippen LogP contribution in [0.2, 0.25) is 0 Å². The number of anilines is 1. The molecule has 2 aromatic carbocycles. The second-order valence-electron chi connectivity index (χ2n) is 10.2. The summed E-state index contributed by atoms with van der Waals surface area (Å²) in [5.41, 5.74) is 6.29. The first kappa shape index (κ1) is 23.7. The molecule has 4 heteroatoms. The number of carbonyl (C=O) groups is 2. The average Bonchev–Trinajstić information content (AvgIpc) is 2.60. The lowest BCUT2D eigenvalue weighted by molar-refractivity contribution is -0.119. The predicted molar refractivity (Wildman–Crippen MR) is 123 cm³/mol. The number of amides is 1. The molecule has 30 heavy (non-hydrogen) atoms. The van der Waals surface area contributed by atoms with Crippen molar-refractivity contribution in [3.8, 4) is 0 Å².